The molecule has 2 aliphatic heterocycles. The molecule has 2 aromatic carbocycles. The molecule has 2 heterocycles. The van der Waals surface area contributed by atoms with Crippen molar-refractivity contribution in [1.29, 1.82) is 0 Å². The molecule has 33 heavy (non-hydrogen) atoms. The number of anilines is 1. The Kier molecular flexibility index (Phi) is 6.52. The molecular weight excluding hydrogens is 451 g/mol. The van der Waals surface area contributed by atoms with Crippen LogP contribution in [0.4, 0.5) is 10.1 Å². The first-order chi connectivity index (χ1) is 15.7. The van der Waals surface area contributed by atoms with E-state index in [4.69, 9.17) is 4.84 Å². The van der Waals surface area contributed by atoms with E-state index in [0.29, 0.717) is 43.0 Å². The van der Waals surface area contributed by atoms with Gasteiger partial charge in [0.15, 0.2) is 0 Å². The van der Waals surface area contributed by atoms with E-state index in [2.05, 4.69) is 10.5 Å². The van der Waals surface area contributed by atoms with Crippen LogP contribution in [0.2, 0.25) is 0 Å². The lowest BCUT2D eigenvalue weighted by molar-refractivity contribution is -0.119. The highest BCUT2D eigenvalue weighted by atomic mass is 32.2. The van der Waals surface area contributed by atoms with E-state index in [9.17, 15) is 22.7 Å². The fourth-order valence-corrected chi connectivity index (χ4v) is 5.33. The smallest absolute Gasteiger partial charge is 0.243 e. The van der Waals surface area contributed by atoms with E-state index < -0.39 is 15.8 Å². The Morgan fingerprint density at radius 2 is 1.97 bits per heavy atom. The van der Waals surface area contributed by atoms with Crippen molar-refractivity contribution < 1.29 is 27.5 Å². The zero-order valence-corrected chi connectivity index (χ0v) is 18.9. The minimum Gasteiger partial charge on any atom is -0.508 e. The summed E-state index contributed by atoms with van der Waals surface area (Å²) >= 11 is 0. The monoisotopic (exact) mass is 476 g/mol. The lowest BCUT2D eigenvalue weighted by atomic mass is 10.0. The van der Waals surface area contributed by atoms with Gasteiger partial charge in [-0.2, -0.15) is 4.31 Å². The van der Waals surface area contributed by atoms with Crippen LogP contribution in [0.5, 0.6) is 5.75 Å². The summed E-state index contributed by atoms with van der Waals surface area (Å²) in [4.78, 5) is 18.2. The van der Waals surface area contributed by atoms with Gasteiger partial charge in [0, 0.05) is 45.1 Å². The van der Waals surface area contributed by atoms with Gasteiger partial charge >= 0.3 is 0 Å². The minimum atomic E-state index is -3.74. The van der Waals surface area contributed by atoms with Gasteiger partial charge in [0.2, 0.25) is 15.9 Å². The van der Waals surface area contributed by atoms with Crippen LogP contribution in [0, 0.1) is 5.82 Å². The number of hydrogen-bond donors (Lipinski definition) is 2. The Labute approximate surface area is 191 Å². The van der Waals surface area contributed by atoms with Crippen molar-refractivity contribution >= 4 is 27.3 Å². The minimum absolute atomic E-state index is 0.0304. The molecule has 0 bridgehead atoms. The first kappa shape index (κ1) is 23.0. The van der Waals surface area contributed by atoms with Gasteiger partial charge in [-0.25, -0.2) is 12.8 Å². The molecule has 11 heteroatoms. The Balaban J connectivity index is 1.39. The number of carbonyl (C=O) groups excluding carboxylic acids is 1. The fraction of sp³-hybridized carbons (Fsp3) is 0.364. The van der Waals surface area contributed by atoms with Gasteiger partial charge in [-0.15, -0.1) is 0 Å². The average Bonchev–Trinajstić information content (AvgIpc) is 3.27. The lowest BCUT2D eigenvalue weighted by Gasteiger charge is -2.35. The summed E-state index contributed by atoms with van der Waals surface area (Å²) in [5.74, 6) is -0.697. The third-order valence-corrected chi connectivity index (χ3v) is 7.52. The summed E-state index contributed by atoms with van der Waals surface area (Å²) in [6.07, 6.45) is 0.179. The van der Waals surface area contributed by atoms with E-state index in [0.717, 1.165) is 0 Å². The predicted molar refractivity (Wildman–Crippen MR) is 120 cm³/mol. The second-order valence-corrected chi connectivity index (χ2v) is 9.90. The first-order valence-electron chi connectivity index (χ1n) is 10.6. The Morgan fingerprint density at radius 1 is 1.21 bits per heavy atom. The molecule has 0 aliphatic carbocycles. The normalized spacial score (nSPS) is 19.2. The molecule has 1 unspecified atom stereocenters. The second kappa shape index (κ2) is 9.36. The van der Waals surface area contributed by atoms with E-state index in [1.165, 1.54) is 41.6 Å². The molecule has 0 spiro atoms. The highest BCUT2D eigenvalue weighted by Crippen LogP contribution is 2.27. The number of nitrogens with zero attached hydrogens (tertiary/aromatic N) is 3. The van der Waals surface area contributed by atoms with Gasteiger partial charge in [-0.1, -0.05) is 17.3 Å². The van der Waals surface area contributed by atoms with Crippen molar-refractivity contribution in [3.05, 3.63) is 53.8 Å². The fourth-order valence-electron chi connectivity index (χ4n) is 3.87. The number of phenolic OH excluding ortho intramolecular Hbond substituents is 1. The lowest BCUT2D eigenvalue weighted by Crippen LogP contribution is -2.48. The molecule has 2 aromatic rings. The molecule has 0 radical (unpaired) electrons. The van der Waals surface area contributed by atoms with Gasteiger partial charge in [0.05, 0.1) is 22.8 Å². The number of halogens is 1. The van der Waals surface area contributed by atoms with Crippen LogP contribution < -0.4 is 10.2 Å². The van der Waals surface area contributed by atoms with E-state index in [1.807, 2.05) is 0 Å². The van der Waals surface area contributed by atoms with E-state index in [-0.39, 0.29) is 35.7 Å². The summed E-state index contributed by atoms with van der Waals surface area (Å²) in [7, 11) is -3.74. The van der Waals surface area contributed by atoms with Gasteiger partial charge in [-0.3, -0.25) is 4.79 Å². The summed E-state index contributed by atoms with van der Waals surface area (Å²) in [5.41, 5.74) is 1.60. The standard InChI is InChI=1S/C22H25FN4O5S/c1-15(28)24-14-18-13-21(25-32-18)16-5-6-22(20(23)11-16)26-7-9-27(10-8-26)33(30,31)19-4-2-3-17(29)12-19/h2-6,11-12,18,29H,7-10,13-14H2,1H3,(H,24,28). The number of benzene rings is 2. The third kappa shape index (κ3) is 5.09. The van der Waals surface area contributed by atoms with Gasteiger partial charge in [0.1, 0.15) is 17.7 Å². The van der Waals surface area contributed by atoms with Crippen LogP contribution in [0.1, 0.15) is 18.9 Å². The largest absolute Gasteiger partial charge is 0.508 e. The van der Waals surface area contributed by atoms with Gasteiger partial charge in [-0.05, 0) is 30.3 Å². The van der Waals surface area contributed by atoms with Gasteiger partial charge < -0.3 is 20.2 Å². The third-order valence-electron chi connectivity index (χ3n) is 5.63. The number of rotatable bonds is 6. The average molecular weight is 477 g/mol. The highest BCUT2D eigenvalue weighted by Gasteiger charge is 2.30. The Bertz CT molecular complexity index is 1180. The molecule has 9 nitrogen and oxygen atoms in total. The number of sulfonamides is 1. The molecule has 176 valence electrons. The first-order valence-corrected chi connectivity index (χ1v) is 12.0. The number of nitrogens with one attached hydrogen (secondary N) is 1. The van der Waals surface area contributed by atoms with E-state index in [1.54, 1.807) is 17.0 Å². The van der Waals surface area contributed by atoms with Crippen LogP contribution in [-0.2, 0) is 19.7 Å². The maximum Gasteiger partial charge on any atom is 0.243 e. The van der Waals surface area contributed by atoms with Crippen LogP contribution in [0.3, 0.4) is 0 Å². The number of phenols is 1. The number of aromatic hydroxyl groups is 1. The molecule has 0 saturated carbocycles. The zero-order chi connectivity index (χ0) is 23.6. The topological polar surface area (TPSA) is 112 Å². The summed E-state index contributed by atoms with van der Waals surface area (Å²) in [5, 5.41) is 16.3. The van der Waals surface area contributed by atoms with Crippen molar-refractivity contribution in [2.45, 2.75) is 24.3 Å². The van der Waals surface area contributed by atoms with Crippen LogP contribution >= 0.6 is 0 Å². The molecular formula is C22H25FN4O5S. The summed E-state index contributed by atoms with van der Waals surface area (Å²) < 4.78 is 41.9. The molecule has 4 rings (SSSR count). The number of oxime groups is 1. The van der Waals surface area contributed by atoms with Crippen LogP contribution in [-0.4, -0.2) is 68.3 Å². The zero-order valence-electron chi connectivity index (χ0n) is 18.1. The molecule has 1 saturated heterocycles. The number of carbonyl (C=O) groups is 1. The number of hydrogen-bond acceptors (Lipinski definition) is 7. The molecule has 2 aliphatic rings. The number of piperazine rings is 1. The maximum absolute atomic E-state index is 14.9. The molecule has 1 amide bonds. The Hall–Kier alpha value is -3.18. The maximum atomic E-state index is 14.9. The summed E-state index contributed by atoms with van der Waals surface area (Å²) in [6, 6.07) is 10.4. The second-order valence-electron chi connectivity index (χ2n) is 7.96. The van der Waals surface area contributed by atoms with Crippen molar-refractivity contribution in [2.75, 3.05) is 37.6 Å². The highest BCUT2D eigenvalue weighted by molar-refractivity contribution is 7.89. The van der Waals surface area contributed by atoms with E-state index >= 15 is 0 Å². The molecule has 0 aromatic heterocycles. The van der Waals surface area contributed by atoms with Crippen molar-refractivity contribution in [3.63, 3.8) is 0 Å². The number of amides is 1. The van der Waals surface area contributed by atoms with Crippen LogP contribution in [0.15, 0.2) is 52.5 Å². The van der Waals surface area contributed by atoms with Crippen LogP contribution in [0.25, 0.3) is 0 Å². The molecule has 1 fully saturated rings. The molecule has 1 atom stereocenters. The predicted octanol–water partition coefficient (Wildman–Crippen LogP) is 1.67. The quantitative estimate of drug-likeness (QED) is 0.656. The van der Waals surface area contributed by atoms with Gasteiger partial charge in [0.25, 0.3) is 0 Å². The summed E-state index contributed by atoms with van der Waals surface area (Å²) in [6.45, 7) is 2.81. The van der Waals surface area contributed by atoms with Crippen molar-refractivity contribution in [3.8, 4) is 5.75 Å². The van der Waals surface area contributed by atoms with Crippen molar-refractivity contribution in [2.24, 2.45) is 5.16 Å². The molecule has 2 N–H and O–H groups in total. The SMILES string of the molecule is CC(=O)NCC1CC(c2ccc(N3CCN(S(=O)(=O)c4cccc(O)c4)CC3)c(F)c2)=NO1. The Morgan fingerprint density at radius 3 is 2.64 bits per heavy atom. The van der Waals surface area contributed by atoms with Crippen molar-refractivity contribution in [1.82, 2.24) is 9.62 Å².